The highest BCUT2D eigenvalue weighted by Gasteiger charge is 2.11. The molecule has 0 aliphatic carbocycles. The first-order chi connectivity index (χ1) is 6.24. The third-order valence-electron chi connectivity index (χ3n) is 1.96. The minimum Gasteiger partial charge on any atom is -0.396 e. The largest absolute Gasteiger partial charge is 0.396 e. The van der Waals surface area contributed by atoms with Crippen molar-refractivity contribution < 1.29 is 9.50 Å². The topological polar surface area (TPSA) is 46.2 Å². The van der Waals surface area contributed by atoms with Gasteiger partial charge in [0.05, 0.1) is 12.3 Å². The van der Waals surface area contributed by atoms with E-state index in [1.807, 2.05) is 11.4 Å². The van der Waals surface area contributed by atoms with Crippen molar-refractivity contribution in [2.75, 3.05) is 5.73 Å². The minimum absolute atomic E-state index is 0.0925. The lowest BCUT2D eigenvalue weighted by molar-refractivity contribution is 0.278. The summed E-state index contributed by atoms with van der Waals surface area (Å²) in [7, 11) is 0. The van der Waals surface area contributed by atoms with Gasteiger partial charge in [-0.3, -0.25) is 0 Å². The summed E-state index contributed by atoms with van der Waals surface area (Å²) in [6, 6.07) is 3.44. The number of nitrogens with two attached hydrogens (primary N) is 1. The van der Waals surface area contributed by atoms with Gasteiger partial charge in [-0.25, -0.2) is 4.39 Å². The Bertz CT molecular complexity index is 452. The molecular weight excluding hydrogens is 189 g/mol. The number of hydrogen-bond acceptors (Lipinski definition) is 3. The number of nitrogen functional groups attached to an aromatic ring is 1. The predicted octanol–water partition coefficient (Wildman–Crippen LogP) is 2.11. The van der Waals surface area contributed by atoms with E-state index in [1.165, 1.54) is 11.3 Å². The van der Waals surface area contributed by atoms with Gasteiger partial charge in [0.15, 0.2) is 5.82 Å². The van der Waals surface area contributed by atoms with E-state index in [4.69, 9.17) is 10.8 Å². The van der Waals surface area contributed by atoms with Crippen molar-refractivity contribution in [2.24, 2.45) is 0 Å². The van der Waals surface area contributed by atoms with Gasteiger partial charge in [-0.15, -0.1) is 11.3 Å². The van der Waals surface area contributed by atoms with E-state index in [0.717, 1.165) is 10.1 Å². The molecule has 1 aromatic heterocycles. The lowest BCUT2D eigenvalue weighted by atomic mass is 10.1. The smallest absolute Gasteiger partial charge is 0.153 e. The van der Waals surface area contributed by atoms with E-state index in [9.17, 15) is 4.39 Å². The molecule has 0 fully saturated rings. The fraction of sp³-hybridized carbons (Fsp3) is 0.111. The zero-order chi connectivity index (χ0) is 9.42. The lowest BCUT2D eigenvalue weighted by Crippen LogP contribution is -1.96. The molecule has 0 unspecified atom stereocenters. The second-order valence-electron chi connectivity index (χ2n) is 2.76. The van der Waals surface area contributed by atoms with Gasteiger partial charge in [-0.1, -0.05) is 0 Å². The summed E-state index contributed by atoms with van der Waals surface area (Å²) in [6.07, 6.45) is 0. The summed E-state index contributed by atoms with van der Waals surface area (Å²) in [5, 5.41) is 11.7. The van der Waals surface area contributed by atoms with E-state index < -0.39 is 5.82 Å². The van der Waals surface area contributed by atoms with Crippen LogP contribution < -0.4 is 5.73 Å². The Morgan fingerprint density at radius 3 is 3.00 bits per heavy atom. The van der Waals surface area contributed by atoms with Crippen LogP contribution in [-0.2, 0) is 6.61 Å². The summed E-state index contributed by atoms with van der Waals surface area (Å²) in [6.45, 7) is -0.312. The van der Waals surface area contributed by atoms with Crippen molar-refractivity contribution in [1.29, 1.82) is 0 Å². The molecule has 0 aliphatic heterocycles. The Hall–Kier alpha value is -1.13. The number of aliphatic hydroxyl groups excluding tert-OH is 1. The highest BCUT2D eigenvalue weighted by Crippen LogP contribution is 2.30. The molecule has 2 nitrogen and oxygen atoms in total. The summed E-state index contributed by atoms with van der Waals surface area (Å²) in [4.78, 5) is 0. The standard InChI is InChI=1S/C9H8FNOS/c10-8-6(4-12)9-5(1-2-13-9)3-7(8)11/h1-3,12H,4,11H2. The highest BCUT2D eigenvalue weighted by molar-refractivity contribution is 7.17. The van der Waals surface area contributed by atoms with Gasteiger partial charge < -0.3 is 10.8 Å². The molecule has 68 valence electrons. The molecular formula is C9H8FNOS. The molecule has 2 rings (SSSR count). The summed E-state index contributed by atoms with van der Waals surface area (Å²) in [5.74, 6) is -0.502. The molecule has 0 saturated heterocycles. The Morgan fingerprint density at radius 1 is 1.54 bits per heavy atom. The zero-order valence-corrected chi connectivity index (χ0v) is 7.57. The second-order valence-corrected chi connectivity index (χ2v) is 3.67. The van der Waals surface area contributed by atoms with Gasteiger partial charge in [0.2, 0.25) is 0 Å². The van der Waals surface area contributed by atoms with Crippen LogP contribution in [0, 0.1) is 5.82 Å². The number of aliphatic hydroxyl groups is 1. The average Bonchev–Trinajstić information content (AvgIpc) is 2.54. The van der Waals surface area contributed by atoms with Gasteiger partial charge in [0, 0.05) is 10.3 Å². The molecule has 13 heavy (non-hydrogen) atoms. The Balaban J connectivity index is 2.87. The van der Waals surface area contributed by atoms with E-state index in [0.29, 0.717) is 5.56 Å². The molecule has 0 spiro atoms. The Kier molecular flexibility index (Phi) is 1.94. The number of hydrogen-bond donors (Lipinski definition) is 2. The number of rotatable bonds is 1. The number of anilines is 1. The highest BCUT2D eigenvalue weighted by atomic mass is 32.1. The third-order valence-corrected chi connectivity index (χ3v) is 2.95. The molecule has 2 aromatic rings. The van der Waals surface area contributed by atoms with Crippen LogP contribution in [0.1, 0.15) is 5.56 Å². The maximum atomic E-state index is 13.3. The monoisotopic (exact) mass is 197 g/mol. The third kappa shape index (κ3) is 1.18. The molecule has 0 aliphatic rings. The Labute approximate surface area is 78.4 Å². The van der Waals surface area contributed by atoms with Crippen molar-refractivity contribution in [1.82, 2.24) is 0 Å². The van der Waals surface area contributed by atoms with Crippen LogP contribution in [-0.4, -0.2) is 5.11 Å². The van der Waals surface area contributed by atoms with Gasteiger partial charge in [-0.05, 0) is 22.9 Å². The van der Waals surface area contributed by atoms with Crippen LogP contribution in [0.3, 0.4) is 0 Å². The van der Waals surface area contributed by atoms with E-state index in [1.54, 1.807) is 6.07 Å². The first-order valence-corrected chi connectivity index (χ1v) is 4.67. The normalized spacial score (nSPS) is 10.9. The zero-order valence-electron chi connectivity index (χ0n) is 6.75. The molecule has 0 bridgehead atoms. The van der Waals surface area contributed by atoms with Gasteiger partial charge in [-0.2, -0.15) is 0 Å². The number of halogens is 1. The van der Waals surface area contributed by atoms with Crippen molar-refractivity contribution in [3.05, 3.63) is 28.9 Å². The van der Waals surface area contributed by atoms with Crippen LogP contribution in [0.25, 0.3) is 10.1 Å². The predicted molar refractivity (Wildman–Crippen MR) is 52.1 cm³/mol. The van der Waals surface area contributed by atoms with Gasteiger partial charge in [0.1, 0.15) is 0 Å². The number of thiophene rings is 1. The first kappa shape index (κ1) is 8.47. The molecule has 0 amide bonds. The summed E-state index contributed by atoms with van der Waals surface area (Å²) >= 11 is 1.41. The quantitative estimate of drug-likeness (QED) is 0.688. The maximum absolute atomic E-state index is 13.3. The van der Waals surface area contributed by atoms with Crippen molar-refractivity contribution in [2.45, 2.75) is 6.61 Å². The minimum atomic E-state index is -0.502. The number of fused-ring (bicyclic) bond motifs is 1. The second kappa shape index (κ2) is 2.97. The number of benzene rings is 1. The van der Waals surface area contributed by atoms with Gasteiger partial charge >= 0.3 is 0 Å². The molecule has 1 heterocycles. The van der Waals surface area contributed by atoms with Crippen molar-refractivity contribution >= 4 is 27.1 Å². The molecule has 0 radical (unpaired) electrons. The van der Waals surface area contributed by atoms with E-state index >= 15 is 0 Å². The fourth-order valence-electron chi connectivity index (χ4n) is 1.32. The van der Waals surface area contributed by atoms with Crippen LogP contribution in [0.4, 0.5) is 10.1 Å². The summed E-state index contributed by atoms with van der Waals surface area (Å²) < 4.78 is 14.1. The van der Waals surface area contributed by atoms with Crippen LogP contribution in [0.15, 0.2) is 17.5 Å². The molecule has 1 aromatic carbocycles. The SMILES string of the molecule is Nc1cc2ccsc2c(CO)c1F. The molecule has 4 heteroatoms. The van der Waals surface area contributed by atoms with Gasteiger partial charge in [0.25, 0.3) is 0 Å². The molecule has 0 saturated carbocycles. The van der Waals surface area contributed by atoms with E-state index in [2.05, 4.69) is 0 Å². The molecule has 3 N–H and O–H groups in total. The van der Waals surface area contributed by atoms with Crippen LogP contribution in [0.5, 0.6) is 0 Å². The van der Waals surface area contributed by atoms with E-state index in [-0.39, 0.29) is 12.3 Å². The lowest BCUT2D eigenvalue weighted by Gasteiger charge is -2.03. The first-order valence-electron chi connectivity index (χ1n) is 3.79. The van der Waals surface area contributed by atoms with Crippen molar-refractivity contribution in [3.63, 3.8) is 0 Å². The maximum Gasteiger partial charge on any atom is 0.153 e. The summed E-state index contributed by atoms with van der Waals surface area (Å²) in [5.41, 5.74) is 5.83. The molecule has 0 atom stereocenters. The Morgan fingerprint density at radius 2 is 2.31 bits per heavy atom. The van der Waals surface area contributed by atoms with Crippen LogP contribution in [0.2, 0.25) is 0 Å². The fourth-order valence-corrected chi connectivity index (χ4v) is 2.23. The van der Waals surface area contributed by atoms with Crippen molar-refractivity contribution in [3.8, 4) is 0 Å². The average molecular weight is 197 g/mol. The van der Waals surface area contributed by atoms with Crippen LogP contribution >= 0.6 is 11.3 Å².